The molecule has 0 aliphatic heterocycles. The summed E-state index contributed by atoms with van der Waals surface area (Å²) >= 11 is 5.40. The van der Waals surface area contributed by atoms with Gasteiger partial charge in [0, 0.05) is 11.8 Å². The fraction of sp³-hybridized carbons (Fsp3) is 0.133. The molecule has 0 saturated heterocycles. The van der Waals surface area contributed by atoms with E-state index in [0.29, 0.717) is 0 Å². The van der Waals surface area contributed by atoms with Crippen molar-refractivity contribution in [3.05, 3.63) is 64.6 Å². The zero-order valence-electron chi connectivity index (χ0n) is 10.9. The largest absolute Gasteiger partial charge is 0.496 e. The quantitative estimate of drug-likeness (QED) is 0.652. The van der Waals surface area contributed by atoms with Crippen LogP contribution in [0.25, 0.3) is 5.69 Å². The van der Waals surface area contributed by atoms with Gasteiger partial charge in [-0.2, -0.15) is 5.10 Å². The summed E-state index contributed by atoms with van der Waals surface area (Å²) in [5, 5.41) is 6.46. The molecule has 1 aromatic carbocycles. The predicted octanol–water partition coefficient (Wildman–Crippen LogP) is 4.43. The molecule has 0 N–H and O–H groups in total. The van der Waals surface area contributed by atoms with Crippen LogP contribution in [0.15, 0.2) is 54.2 Å². The summed E-state index contributed by atoms with van der Waals surface area (Å²) in [6.07, 6.45) is 3.92. The minimum absolute atomic E-state index is 0.0925. The summed E-state index contributed by atoms with van der Waals surface area (Å²) < 4.78 is 7.25. The van der Waals surface area contributed by atoms with Gasteiger partial charge >= 0.3 is 0 Å². The third kappa shape index (κ3) is 2.51. The smallest absolute Gasteiger partial charge is 0.134 e. The molecule has 5 heteroatoms. The van der Waals surface area contributed by atoms with E-state index in [-0.39, 0.29) is 4.83 Å². The van der Waals surface area contributed by atoms with E-state index in [1.54, 1.807) is 18.4 Å². The molecule has 0 saturated carbocycles. The van der Waals surface area contributed by atoms with E-state index in [4.69, 9.17) is 4.74 Å². The molecule has 3 aromatic rings. The lowest BCUT2D eigenvalue weighted by molar-refractivity contribution is 0.413. The SMILES string of the molecule is COc1ccsc1C(Br)c1cnn(-c2ccccc2)c1. The molecule has 3 nitrogen and oxygen atoms in total. The van der Waals surface area contributed by atoms with E-state index in [0.717, 1.165) is 21.9 Å². The highest BCUT2D eigenvalue weighted by molar-refractivity contribution is 9.09. The van der Waals surface area contributed by atoms with E-state index < -0.39 is 0 Å². The molecule has 3 rings (SSSR count). The Hall–Kier alpha value is -1.59. The third-order valence-electron chi connectivity index (χ3n) is 3.02. The fourth-order valence-corrected chi connectivity index (χ4v) is 3.65. The predicted molar refractivity (Wildman–Crippen MR) is 85.2 cm³/mol. The van der Waals surface area contributed by atoms with Crippen LogP contribution in [0.1, 0.15) is 15.3 Å². The molecule has 2 aromatic heterocycles. The van der Waals surface area contributed by atoms with Gasteiger partial charge in [-0.1, -0.05) is 34.1 Å². The molecule has 2 heterocycles. The van der Waals surface area contributed by atoms with Crippen LogP contribution >= 0.6 is 27.3 Å². The van der Waals surface area contributed by atoms with Crippen molar-refractivity contribution in [2.45, 2.75) is 4.83 Å². The minimum Gasteiger partial charge on any atom is -0.496 e. The lowest BCUT2D eigenvalue weighted by atomic mass is 10.2. The highest BCUT2D eigenvalue weighted by Crippen LogP contribution is 2.40. The molecule has 0 radical (unpaired) electrons. The third-order valence-corrected chi connectivity index (χ3v) is 5.28. The minimum atomic E-state index is 0.0925. The van der Waals surface area contributed by atoms with Gasteiger partial charge in [0.2, 0.25) is 0 Å². The number of benzene rings is 1. The van der Waals surface area contributed by atoms with Crippen molar-refractivity contribution < 1.29 is 4.74 Å². The van der Waals surface area contributed by atoms with Crippen molar-refractivity contribution in [1.29, 1.82) is 0 Å². The molecule has 0 aliphatic carbocycles. The lowest BCUT2D eigenvalue weighted by Crippen LogP contribution is -1.94. The van der Waals surface area contributed by atoms with Crippen LogP contribution < -0.4 is 4.74 Å². The maximum Gasteiger partial charge on any atom is 0.134 e. The first-order valence-electron chi connectivity index (χ1n) is 6.15. The Morgan fingerprint density at radius 3 is 2.80 bits per heavy atom. The van der Waals surface area contributed by atoms with Gasteiger partial charge in [0.25, 0.3) is 0 Å². The zero-order chi connectivity index (χ0) is 13.9. The first-order chi connectivity index (χ1) is 9.79. The molecular weight excluding hydrogens is 336 g/mol. The van der Waals surface area contributed by atoms with E-state index in [2.05, 4.69) is 21.0 Å². The number of aromatic nitrogens is 2. The first kappa shape index (κ1) is 13.4. The first-order valence-corrected chi connectivity index (χ1v) is 7.94. The van der Waals surface area contributed by atoms with Crippen LogP contribution in [0.3, 0.4) is 0 Å². The fourth-order valence-electron chi connectivity index (χ4n) is 2.00. The number of hydrogen-bond acceptors (Lipinski definition) is 3. The van der Waals surface area contributed by atoms with E-state index in [9.17, 15) is 0 Å². The van der Waals surface area contributed by atoms with Gasteiger partial charge in [-0.25, -0.2) is 4.68 Å². The average molecular weight is 349 g/mol. The van der Waals surface area contributed by atoms with Gasteiger partial charge in [-0.15, -0.1) is 11.3 Å². The topological polar surface area (TPSA) is 27.1 Å². The van der Waals surface area contributed by atoms with E-state index in [1.807, 2.05) is 58.9 Å². The van der Waals surface area contributed by atoms with Gasteiger partial charge in [0.15, 0.2) is 0 Å². The number of alkyl halides is 1. The molecule has 0 spiro atoms. The Labute approximate surface area is 130 Å². The maximum absolute atomic E-state index is 5.37. The van der Waals surface area contributed by atoms with Crippen molar-refractivity contribution >= 4 is 27.3 Å². The summed E-state index contributed by atoms with van der Waals surface area (Å²) in [5.74, 6) is 0.907. The Balaban J connectivity index is 1.91. The van der Waals surface area contributed by atoms with Crippen molar-refractivity contribution in [3.63, 3.8) is 0 Å². The van der Waals surface area contributed by atoms with E-state index >= 15 is 0 Å². The van der Waals surface area contributed by atoms with Crippen LogP contribution in [-0.4, -0.2) is 16.9 Å². The van der Waals surface area contributed by atoms with Crippen LogP contribution in [0.2, 0.25) is 0 Å². The monoisotopic (exact) mass is 348 g/mol. The Kier molecular flexibility index (Phi) is 3.89. The number of hydrogen-bond donors (Lipinski definition) is 0. The Morgan fingerprint density at radius 1 is 1.25 bits per heavy atom. The Bertz CT molecular complexity index is 693. The number of halogens is 1. The van der Waals surface area contributed by atoms with E-state index in [1.165, 1.54) is 0 Å². The maximum atomic E-state index is 5.37. The molecule has 102 valence electrons. The molecular formula is C15H13BrN2OS. The summed E-state index contributed by atoms with van der Waals surface area (Å²) in [6.45, 7) is 0. The number of rotatable bonds is 4. The Morgan fingerprint density at radius 2 is 2.05 bits per heavy atom. The molecule has 0 bridgehead atoms. The van der Waals surface area contributed by atoms with Crippen LogP contribution in [-0.2, 0) is 0 Å². The molecule has 1 unspecified atom stereocenters. The second kappa shape index (κ2) is 5.81. The second-order valence-corrected chi connectivity index (χ2v) is 6.13. The molecule has 0 fully saturated rings. The van der Waals surface area contributed by atoms with Gasteiger partial charge in [-0.05, 0) is 23.6 Å². The van der Waals surface area contributed by atoms with Crippen LogP contribution in [0, 0.1) is 0 Å². The second-order valence-electron chi connectivity index (χ2n) is 4.27. The van der Waals surface area contributed by atoms with Crippen LogP contribution in [0.4, 0.5) is 0 Å². The summed E-state index contributed by atoms with van der Waals surface area (Å²) in [5.41, 5.74) is 2.16. The van der Waals surface area contributed by atoms with Gasteiger partial charge in [0.05, 0.1) is 28.7 Å². The summed E-state index contributed by atoms with van der Waals surface area (Å²) in [7, 11) is 1.69. The average Bonchev–Trinajstić information content (AvgIpc) is 3.16. The molecule has 1 atom stereocenters. The van der Waals surface area contributed by atoms with Crippen molar-refractivity contribution in [3.8, 4) is 11.4 Å². The summed E-state index contributed by atoms with van der Waals surface area (Å²) in [4.78, 5) is 1.25. The van der Waals surface area contributed by atoms with Gasteiger partial charge in [-0.3, -0.25) is 0 Å². The van der Waals surface area contributed by atoms with Crippen molar-refractivity contribution in [2.24, 2.45) is 0 Å². The van der Waals surface area contributed by atoms with Crippen molar-refractivity contribution in [1.82, 2.24) is 9.78 Å². The number of nitrogens with zero attached hydrogens (tertiary/aromatic N) is 2. The molecule has 0 amide bonds. The molecule has 0 aliphatic rings. The van der Waals surface area contributed by atoms with Gasteiger partial charge in [0.1, 0.15) is 5.75 Å². The molecule has 20 heavy (non-hydrogen) atoms. The normalized spacial score (nSPS) is 12.3. The number of methoxy groups -OCH3 is 1. The number of para-hydroxylation sites is 1. The van der Waals surface area contributed by atoms with Crippen molar-refractivity contribution in [2.75, 3.05) is 7.11 Å². The standard InChI is InChI=1S/C15H13BrN2OS/c1-19-13-7-8-20-15(13)14(16)11-9-17-18(10-11)12-5-3-2-4-6-12/h2-10,14H,1H3. The lowest BCUT2D eigenvalue weighted by Gasteiger charge is -2.07. The van der Waals surface area contributed by atoms with Crippen LogP contribution in [0.5, 0.6) is 5.75 Å². The highest BCUT2D eigenvalue weighted by Gasteiger charge is 2.18. The van der Waals surface area contributed by atoms with Gasteiger partial charge < -0.3 is 4.74 Å². The summed E-state index contributed by atoms with van der Waals surface area (Å²) in [6, 6.07) is 12.1. The number of thiophene rings is 1. The number of ether oxygens (including phenoxy) is 1. The highest BCUT2D eigenvalue weighted by atomic mass is 79.9. The zero-order valence-corrected chi connectivity index (χ0v) is 13.3.